The van der Waals surface area contributed by atoms with Crippen molar-refractivity contribution in [3.63, 3.8) is 0 Å². The molecule has 2 unspecified atom stereocenters. The molecule has 2 rings (SSSR count). The molecule has 0 aromatic heterocycles. The zero-order valence-corrected chi connectivity index (χ0v) is 11.6. The van der Waals surface area contributed by atoms with E-state index in [1.54, 1.807) is 12.1 Å². The zero-order chi connectivity index (χ0) is 13.8. The number of amides is 1. The Bertz CT molecular complexity index is 486. The smallest absolute Gasteiger partial charge is 0.226 e. The second-order valence-electron chi connectivity index (χ2n) is 5.57. The summed E-state index contributed by atoms with van der Waals surface area (Å²) in [5.74, 6) is 1.49. The zero-order valence-electron chi connectivity index (χ0n) is 11.6. The van der Waals surface area contributed by atoms with Crippen LogP contribution in [0.4, 0.5) is 0 Å². The fourth-order valence-electron chi connectivity index (χ4n) is 2.47. The van der Waals surface area contributed by atoms with Crippen molar-refractivity contribution < 1.29 is 4.79 Å². The Morgan fingerprint density at radius 1 is 1.32 bits per heavy atom. The van der Waals surface area contributed by atoms with Crippen LogP contribution < -0.4 is 0 Å². The Morgan fingerprint density at radius 3 is 2.58 bits per heavy atom. The molecule has 1 heterocycles. The highest BCUT2D eigenvalue weighted by molar-refractivity contribution is 5.78. The van der Waals surface area contributed by atoms with Gasteiger partial charge in [0.25, 0.3) is 0 Å². The summed E-state index contributed by atoms with van der Waals surface area (Å²) in [6.45, 7) is 6.22. The van der Waals surface area contributed by atoms with Gasteiger partial charge in [-0.05, 0) is 36.0 Å². The van der Waals surface area contributed by atoms with E-state index in [1.165, 1.54) is 0 Å². The van der Waals surface area contributed by atoms with E-state index in [1.807, 2.05) is 17.0 Å². The van der Waals surface area contributed by atoms with E-state index in [-0.39, 0.29) is 5.91 Å². The van der Waals surface area contributed by atoms with Gasteiger partial charge in [0.2, 0.25) is 5.91 Å². The van der Waals surface area contributed by atoms with Gasteiger partial charge in [-0.25, -0.2) is 0 Å². The first-order valence-corrected chi connectivity index (χ1v) is 6.87. The molecule has 3 heteroatoms. The predicted molar refractivity (Wildman–Crippen MR) is 74.4 cm³/mol. The molecule has 1 aliphatic rings. The maximum atomic E-state index is 12.2. The van der Waals surface area contributed by atoms with E-state index in [0.29, 0.717) is 23.8 Å². The van der Waals surface area contributed by atoms with Crippen LogP contribution >= 0.6 is 0 Å². The first-order valence-electron chi connectivity index (χ1n) is 6.87. The summed E-state index contributed by atoms with van der Waals surface area (Å²) in [5.41, 5.74) is 1.62. The van der Waals surface area contributed by atoms with Crippen LogP contribution in [0.1, 0.15) is 31.4 Å². The van der Waals surface area contributed by atoms with Gasteiger partial charge in [0.1, 0.15) is 0 Å². The molecule has 2 atom stereocenters. The van der Waals surface area contributed by atoms with Crippen molar-refractivity contribution in [2.75, 3.05) is 13.1 Å². The average Bonchev–Trinajstić information content (AvgIpc) is 2.42. The van der Waals surface area contributed by atoms with Gasteiger partial charge in [-0.2, -0.15) is 5.26 Å². The van der Waals surface area contributed by atoms with Gasteiger partial charge in [0, 0.05) is 13.1 Å². The topological polar surface area (TPSA) is 44.1 Å². The molecular formula is C16H20N2O. The standard InChI is InChI=1S/C16H20N2O/c1-12-7-8-18(11-13(12)2)16(19)9-14-3-5-15(10-17)6-4-14/h3-6,12-13H,7-9,11H2,1-2H3. The second kappa shape index (κ2) is 5.88. The van der Waals surface area contributed by atoms with Crippen molar-refractivity contribution in [1.29, 1.82) is 5.26 Å². The minimum atomic E-state index is 0.198. The number of benzene rings is 1. The second-order valence-corrected chi connectivity index (χ2v) is 5.57. The molecule has 0 aliphatic carbocycles. The number of carbonyl (C=O) groups excluding carboxylic acids is 1. The number of piperidine rings is 1. The third-order valence-electron chi connectivity index (χ3n) is 4.13. The van der Waals surface area contributed by atoms with Crippen LogP contribution in [0.3, 0.4) is 0 Å². The summed E-state index contributed by atoms with van der Waals surface area (Å²) < 4.78 is 0. The van der Waals surface area contributed by atoms with Crippen LogP contribution in [0.2, 0.25) is 0 Å². The Hall–Kier alpha value is -1.82. The van der Waals surface area contributed by atoms with E-state index in [9.17, 15) is 4.79 Å². The van der Waals surface area contributed by atoms with E-state index < -0.39 is 0 Å². The third-order valence-corrected chi connectivity index (χ3v) is 4.13. The van der Waals surface area contributed by atoms with Crippen LogP contribution in [0.15, 0.2) is 24.3 Å². The summed E-state index contributed by atoms with van der Waals surface area (Å²) in [6.07, 6.45) is 1.53. The average molecular weight is 256 g/mol. The van der Waals surface area contributed by atoms with Crippen LogP contribution in [-0.4, -0.2) is 23.9 Å². The monoisotopic (exact) mass is 256 g/mol. The van der Waals surface area contributed by atoms with Gasteiger partial charge in [-0.1, -0.05) is 26.0 Å². The van der Waals surface area contributed by atoms with Crippen molar-refractivity contribution in [2.24, 2.45) is 11.8 Å². The van der Waals surface area contributed by atoms with Gasteiger partial charge in [-0.15, -0.1) is 0 Å². The van der Waals surface area contributed by atoms with Crippen LogP contribution in [0.5, 0.6) is 0 Å². The number of nitriles is 1. The Balaban J connectivity index is 1.95. The maximum Gasteiger partial charge on any atom is 0.226 e. The third kappa shape index (κ3) is 3.35. The van der Waals surface area contributed by atoms with Crippen LogP contribution in [0, 0.1) is 23.2 Å². The van der Waals surface area contributed by atoms with Crippen molar-refractivity contribution in [1.82, 2.24) is 4.90 Å². The number of likely N-dealkylation sites (tertiary alicyclic amines) is 1. The maximum absolute atomic E-state index is 12.2. The minimum Gasteiger partial charge on any atom is -0.342 e. The molecule has 0 saturated carbocycles. The van der Waals surface area contributed by atoms with Crippen LogP contribution in [-0.2, 0) is 11.2 Å². The quantitative estimate of drug-likeness (QED) is 0.816. The molecule has 0 spiro atoms. The molecule has 1 aliphatic heterocycles. The molecule has 1 saturated heterocycles. The summed E-state index contributed by atoms with van der Waals surface area (Å²) in [7, 11) is 0. The van der Waals surface area contributed by atoms with Crippen molar-refractivity contribution >= 4 is 5.91 Å². The molecule has 1 fully saturated rings. The van der Waals surface area contributed by atoms with Gasteiger partial charge in [0.15, 0.2) is 0 Å². The molecule has 100 valence electrons. The van der Waals surface area contributed by atoms with Crippen molar-refractivity contribution in [3.05, 3.63) is 35.4 Å². The first kappa shape index (κ1) is 13.6. The molecule has 1 aromatic rings. The highest BCUT2D eigenvalue weighted by Crippen LogP contribution is 2.22. The lowest BCUT2D eigenvalue weighted by molar-refractivity contribution is -0.132. The summed E-state index contributed by atoms with van der Waals surface area (Å²) in [4.78, 5) is 14.2. The number of nitrogens with zero attached hydrogens (tertiary/aromatic N) is 2. The number of carbonyl (C=O) groups is 1. The minimum absolute atomic E-state index is 0.198. The molecule has 1 amide bonds. The fraction of sp³-hybridized carbons (Fsp3) is 0.500. The van der Waals surface area contributed by atoms with E-state index in [2.05, 4.69) is 19.9 Å². The van der Waals surface area contributed by atoms with Crippen LogP contribution in [0.25, 0.3) is 0 Å². The number of hydrogen-bond donors (Lipinski definition) is 0. The highest BCUT2D eigenvalue weighted by atomic mass is 16.2. The Labute approximate surface area is 114 Å². The fourth-order valence-corrected chi connectivity index (χ4v) is 2.47. The summed E-state index contributed by atoms with van der Waals surface area (Å²) in [5, 5.41) is 8.74. The predicted octanol–water partition coefficient (Wildman–Crippen LogP) is 2.61. The molecule has 3 nitrogen and oxygen atoms in total. The van der Waals surface area contributed by atoms with Gasteiger partial charge < -0.3 is 4.90 Å². The lowest BCUT2D eigenvalue weighted by atomic mass is 9.88. The lowest BCUT2D eigenvalue weighted by Gasteiger charge is -2.35. The molecule has 1 aromatic carbocycles. The van der Waals surface area contributed by atoms with E-state index in [0.717, 1.165) is 25.1 Å². The van der Waals surface area contributed by atoms with Gasteiger partial charge in [0.05, 0.1) is 18.1 Å². The summed E-state index contributed by atoms with van der Waals surface area (Å²) in [6, 6.07) is 9.36. The largest absolute Gasteiger partial charge is 0.342 e. The molecule has 0 radical (unpaired) electrons. The van der Waals surface area contributed by atoms with E-state index >= 15 is 0 Å². The molecule has 0 N–H and O–H groups in total. The van der Waals surface area contributed by atoms with Gasteiger partial charge in [-0.3, -0.25) is 4.79 Å². The lowest BCUT2D eigenvalue weighted by Crippen LogP contribution is -2.42. The number of rotatable bonds is 2. The molecular weight excluding hydrogens is 236 g/mol. The molecule has 0 bridgehead atoms. The first-order chi connectivity index (χ1) is 9.10. The normalized spacial score (nSPS) is 22.9. The van der Waals surface area contributed by atoms with E-state index in [4.69, 9.17) is 5.26 Å². The Kier molecular flexibility index (Phi) is 4.21. The Morgan fingerprint density at radius 2 is 2.00 bits per heavy atom. The summed E-state index contributed by atoms with van der Waals surface area (Å²) >= 11 is 0. The highest BCUT2D eigenvalue weighted by Gasteiger charge is 2.25. The molecule has 19 heavy (non-hydrogen) atoms. The van der Waals surface area contributed by atoms with Gasteiger partial charge >= 0.3 is 0 Å². The number of hydrogen-bond acceptors (Lipinski definition) is 2. The SMILES string of the molecule is CC1CCN(C(=O)Cc2ccc(C#N)cc2)CC1C. The van der Waals surface area contributed by atoms with Crippen molar-refractivity contribution in [2.45, 2.75) is 26.7 Å². The van der Waals surface area contributed by atoms with Crippen molar-refractivity contribution in [3.8, 4) is 6.07 Å².